The summed E-state index contributed by atoms with van der Waals surface area (Å²) in [5.41, 5.74) is 8.47. The number of hydrogen-bond donors (Lipinski definition) is 2. The van der Waals surface area contributed by atoms with Crippen molar-refractivity contribution in [3.8, 4) is 0 Å². The van der Waals surface area contributed by atoms with Crippen molar-refractivity contribution in [1.29, 1.82) is 0 Å². The highest BCUT2D eigenvalue weighted by Crippen LogP contribution is 2.25. The van der Waals surface area contributed by atoms with Crippen molar-refractivity contribution >= 4 is 80.0 Å². The van der Waals surface area contributed by atoms with Gasteiger partial charge < -0.3 is 0 Å². The van der Waals surface area contributed by atoms with Gasteiger partial charge in [-0.25, -0.2) is 8.42 Å². The molecule has 0 spiro atoms. The molecule has 0 atom stereocenters. The van der Waals surface area contributed by atoms with Crippen LogP contribution >= 0.6 is 46.4 Å². The van der Waals surface area contributed by atoms with Crippen LogP contribution in [0.4, 0.5) is 11.4 Å². The third kappa shape index (κ3) is 7.03. The van der Waals surface area contributed by atoms with E-state index in [1.165, 1.54) is 24.3 Å². The van der Waals surface area contributed by atoms with Crippen LogP contribution in [0.15, 0.2) is 105 Å². The number of sulfone groups is 1. The van der Waals surface area contributed by atoms with E-state index in [9.17, 15) is 8.42 Å². The van der Waals surface area contributed by atoms with Crippen molar-refractivity contribution in [3.05, 3.63) is 116 Å². The van der Waals surface area contributed by atoms with Crippen molar-refractivity contribution < 1.29 is 8.42 Å². The Morgan fingerprint density at radius 2 is 0.919 bits per heavy atom. The summed E-state index contributed by atoms with van der Waals surface area (Å²) in [4.78, 5) is 0.315. The molecule has 188 valence electrons. The lowest BCUT2D eigenvalue weighted by Crippen LogP contribution is -2.02. The summed E-state index contributed by atoms with van der Waals surface area (Å²) in [7, 11) is -3.70. The topological polar surface area (TPSA) is 82.9 Å². The summed E-state index contributed by atoms with van der Waals surface area (Å²) in [6, 6.07) is 22.9. The Morgan fingerprint density at radius 3 is 1.27 bits per heavy atom. The van der Waals surface area contributed by atoms with E-state index in [1.54, 1.807) is 73.1 Å². The Bertz CT molecular complexity index is 1460. The molecule has 0 radical (unpaired) electrons. The second-order valence-corrected chi connectivity index (χ2v) is 11.2. The van der Waals surface area contributed by atoms with Gasteiger partial charge in [-0.05, 0) is 83.9 Å². The number of hydrazone groups is 2. The van der Waals surface area contributed by atoms with Crippen molar-refractivity contribution in [2.24, 2.45) is 10.2 Å². The molecular formula is C26H18Cl4N4O2S. The number of halogens is 4. The van der Waals surface area contributed by atoms with Gasteiger partial charge in [0.25, 0.3) is 0 Å². The lowest BCUT2D eigenvalue weighted by atomic mass is 10.2. The predicted molar refractivity (Wildman–Crippen MR) is 154 cm³/mol. The van der Waals surface area contributed by atoms with Crippen molar-refractivity contribution in [3.63, 3.8) is 0 Å². The molecule has 4 aromatic rings. The van der Waals surface area contributed by atoms with E-state index in [-0.39, 0.29) is 9.79 Å². The molecule has 0 aromatic heterocycles. The highest BCUT2D eigenvalue weighted by atomic mass is 35.5. The van der Waals surface area contributed by atoms with Crippen LogP contribution in [0.25, 0.3) is 0 Å². The van der Waals surface area contributed by atoms with Crippen molar-refractivity contribution in [2.45, 2.75) is 9.79 Å². The molecule has 4 rings (SSSR count). The van der Waals surface area contributed by atoms with Gasteiger partial charge >= 0.3 is 0 Å². The Morgan fingerprint density at radius 1 is 0.541 bits per heavy atom. The number of hydrogen-bond acceptors (Lipinski definition) is 6. The number of nitrogens with zero attached hydrogens (tertiary/aromatic N) is 2. The summed E-state index contributed by atoms with van der Waals surface area (Å²) < 4.78 is 26.1. The van der Waals surface area contributed by atoms with Gasteiger partial charge in [0, 0.05) is 0 Å². The molecule has 0 fully saturated rings. The fraction of sp³-hybridized carbons (Fsp3) is 0. The fourth-order valence-electron chi connectivity index (χ4n) is 3.10. The van der Waals surface area contributed by atoms with Crippen LogP contribution in [0.5, 0.6) is 0 Å². The maximum Gasteiger partial charge on any atom is 0.206 e. The van der Waals surface area contributed by atoms with Crippen LogP contribution in [0, 0.1) is 0 Å². The molecule has 0 bridgehead atoms. The molecule has 0 aliphatic carbocycles. The molecule has 0 aliphatic rings. The van der Waals surface area contributed by atoms with Gasteiger partial charge in [0.05, 0.1) is 53.7 Å². The number of rotatable bonds is 8. The quantitative estimate of drug-likeness (QED) is 0.160. The van der Waals surface area contributed by atoms with Gasteiger partial charge in [0.1, 0.15) is 0 Å². The van der Waals surface area contributed by atoms with Gasteiger partial charge in [-0.3, -0.25) is 10.9 Å². The van der Waals surface area contributed by atoms with Gasteiger partial charge in [-0.2, -0.15) is 10.2 Å². The van der Waals surface area contributed by atoms with Crippen LogP contribution in [-0.2, 0) is 9.84 Å². The number of anilines is 2. The highest BCUT2D eigenvalue weighted by molar-refractivity contribution is 7.91. The summed E-state index contributed by atoms with van der Waals surface area (Å²) >= 11 is 23.8. The summed E-state index contributed by atoms with van der Waals surface area (Å²) in [5, 5.41) is 10.1. The molecule has 6 nitrogen and oxygen atoms in total. The first-order valence-electron chi connectivity index (χ1n) is 10.7. The number of benzene rings is 4. The average molecular weight is 592 g/mol. The lowest BCUT2D eigenvalue weighted by Gasteiger charge is -2.07. The molecule has 0 heterocycles. The first-order chi connectivity index (χ1) is 17.7. The van der Waals surface area contributed by atoms with E-state index in [4.69, 9.17) is 46.4 Å². The minimum absolute atomic E-state index is 0.157. The third-order valence-electron chi connectivity index (χ3n) is 5.03. The van der Waals surface area contributed by atoms with Gasteiger partial charge in [0.2, 0.25) is 9.84 Å². The minimum atomic E-state index is -3.70. The van der Waals surface area contributed by atoms with E-state index in [0.717, 1.165) is 11.1 Å². The van der Waals surface area contributed by atoms with Crippen LogP contribution in [0.2, 0.25) is 20.1 Å². The zero-order chi connectivity index (χ0) is 26.4. The Kier molecular flexibility index (Phi) is 8.74. The molecule has 0 aliphatic heterocycles. The minimum Gasteiger partial charge on any atom is -0.279 e. The zero-order valence-corrected chi connectivity index (χ0v) is 22.7. The Labute approximate surface area is 234 Å². The lowest BCUT2D eigenvalue weighted by molar-refractivity contribution is 0.596. The van der Waals surface area contributed by atoms with E-state index < -0.39 is 9.84 Å². The SMILES string of the molecule is O=S(=O)(c1ccc(NN=Cc2ccc(Cl)c(Cl)c2)cc1)c1ccc(N/N=C/c2ccc(Cl)c(Cl)c2)cc1. The highest BCUT2D eigenvalue weighted by Gasteiger charge is 2.17. The largest absolute Gasteiger partial charge is 0.279 e. The molecule has 0 unspecified atom stereocenters. The number of nitrogens with one attached hydrogen (secondary N) is 2. The van der Waals surface area contributed by atoms with E-state index >= 15 is 0 Å². The van der Waals surface area contributed by atoms with E-state index in [2.05, 4.69) is 21.1 Å². The van der Waals surface area contributed by atoms with Crippen LogP contribution in [-0.4, -0.2) is 20.8 Å². The Balaban J connectivity index is 1.38. The maximum atomic E-state index is 13.0. The maximum absolute atomic E-state index is 13.0. The summed E-state index contributed by atoms with van der Waals surface area (Å²) in [5.74, 6) is 0. The molecule has 0 saturated carbocycles. The molecule has 11 heteroatoms. The van der Waals surface area contributed by atoms with Crippen molar-refractivity contribution in [2.75, 3.05) is 10.9 Å². The van der Waals surface area contributed by atoms with Crippen LogP contribution in [0.3, 0.4) is 0 Å². The summed E-state index contributed by atoms with van der Waals surface area (Å²) in [6.45, 7) is 0. The molecule has 37 heavy (non-hydrogen) atoms. The zero-order valence-electron chi connectivity index (χ0n) is 18.9. The second kappa shape index (κ2) is 12.0. The fourth-order valence-corrected chi connectivity index (χ4v) is 4.98. The van der Waals surface area contributed by atoms with Crippen molar-refractivity contribution in [1.82, 2.24) is 0 Å². The molecule has 0 saturated heterocycles. The first kappa shape index (κ1) is 27.0. The smallest absolute Gasteiger partial charge is 0.206 e. The van der Waals surface area contributed by atoms with Crippen LogP contribution in [0.1, 0.15) is 11.1 Å². The van der Waals surface area contributed by atoms with E-state index in [0.29, 0.717) is 31.5 Å². The van der Waals surface area contributed by atoms with E-state index in [1.807, 2.05) is 0 Å². The third-order valence-corrected chi connectivity index (χ3v) is 8.29. The second-order valence-electron chi connectivity index (χ2n) is 7.64. The summed E-state index contributed by atoms with van der Waals surface area (Å²) in [6.07, 6.45) is 3.16. The molecular weight excluding hydrogens is 574 g/mol. The average Bonchev–Trinajstić information content (AvgIpc) is 2.89. The monoisotopic (exact) mass is 590 g/mol. The molecule has 0 amide bonds. The molecule has 2 N–H and O–H groups in total. The van der Waals surface area contributed by atoms with Gasteiger partial charge in [-0.15, -0.1) is 0 Å². The molecule has 4 aromatic carbocycles. The standard InChI is InChI=1S/C26H18Cl4N4O2S/c27-23-11-1-17(13-25(23)29)15-31-33-19-3-7-21(8-4-19)37(35,36)22-9-5-20(6-10-22)34-32-16-18-2-12-24(28)26(30)14-18/h1-16,33-34H/b31-15+,32-16?. The normalized spacial score (nSPS) is 11.8. The first-order valence-corrected chi connectivity index (χ1v) is 13.7. The Hall–Kier alpha value is -3.07. The predicted octanol–water partition coefficient (Wildman–Crippen LogP) is 8.03. The van der Waals surface area contributed by atoms with Gasteiger partial charge in [0.15, 0.2) is 0 Å². The van der Waals surface area contributed by atoms with Crippen LogP contribution < -0.4 is 10.9 Å². The van der Waals surface area contributed by atoms with Gasteiger partial charge in [-0.1, -0.05) is 58.5 Å².